The summed E-state index contributed by atoms with van der Waals surface area (Å²) < 4.78 is 5.27. The highest BCUT2D eigenvalue weighted by Crippen LogP contribution is 2.49. The largest absolute Gasteiger partial charge is 0.464 e. The average Bonchev–Trinajstić information content (AvgIpc) is 3.24. The first-order valence-electron chi connectivity index (χ1n) is 7.04. The number of ether oxygens (including phenoxy) is 1. The molecule has 0 aliphatic heterocycles. The molecule has 1 aromatic heterocycles. The van der Waals surface area contributed by atoms with E-state index >= 15 is 0 Å². The van der Waals surface area contributed by atoms with Gasteiger partial charge in [0, 0.05) is 6.54 Å². The molecule has 3 rings (SSSR count). The molecule has 0 saturated heterocycles. The predicted octanol–water partition coefficient (Wildman–Crippen LogP) is 2.77. The summed E-state index contributed by atoms with van der Waals surface area (Å²) in [5.74, 6) is 3.10. The van der Waals surface area contributed by atoms with E-state index < -0.39 is 0 Å². The van der Waals surface area contributed by atoms with Crippen LogP contribution in [0.25, 0.3) is 0 Å². The Kier molecular flexibility index (Phi) is 3.73. The van der Waals surface area contributed by atoms with Crippen LogP contribution in [-0.2, 0) is 0 Å². The Hall–Kier alpha value is -1.10. The molecule has 1 heterocycles. The van der Waals surface area contributed by atoms with Gasteiger partial charge in [-0.25, -0.2) is 0 Å². The standard InChI is InChI=1S/C13H19ClN4O/c1-2-19-13-17-11(14)16-12(18-13)15-7-10(8-3-4-8)9-5-6-9/h8-10H,2-7H2,1H3,(H,15,16,17,18). The number of anilines is 1. The Morgan fingerprint density at radius 3 is 2.47 bits per heavy atom. The van der Waals surface area contributed by atoms with Crippen molar-refractivity contribution >= 4 is 17.5 Å². The summed E-state index contributed by atoms with van der Waals surface area (Å²) in [5.41, 5.74) is 0. The number of halogens is 1. The second-order valence-corrected chi connectivity index (χ2v) is 5.70. The van der Waals surface area contributed by atoms with Crippen LogP contribution < -0.4 is 10.1 Å². The summed E-state index contributed by atoms with van der Waals surface area (Å²) in [7, 11) is 0. The Balaban J connectivity index is 1.61. The second-order valence-electron chi connectivity index (χ2n) is 5.36. The first kappa shape index (κ1) is 12.9. The van der Waals surface area contributed by atoms with Gasteiger partial charge in [0.25, 0.3) is 0 Å². The quantitative estimate of drug-likeness (QED) is 0.833. The number of hydrogen-bond acceptors (Lipinski definition) is 5. The van der Waals surface area contributed by atoms with Gasteiger partial charge in [0.15, 0.2) is 0 Å². The van der Waals surface area contributed by atoms with E-state index in [1.54, 1.807) is 0 Å². The fraction of sp³-hybridized carbons (Fsp3) is 0.769. The zero-order valence-electron chi connectivity index (χ0n) is 11.1. The monoisotopic (exact) mass is 282 g/mol. The number of hydrogen-bond donors (Lipinski definition) is 1. The van der Waals surface area contributed by atoms with Crippen LogP contribution in [0.2, 0.25) is 5.28 Å². The van der Waals surface area contributed by atoms with Crippen molar-refractivity contribution in [1.29, 1.82) is 0 Å². The number of rotatable bonds is 7. The maximum absolute atomic E-state index is 5.87. The average molecular weight is 283 g/mol. The lowest BCUT2D eigenvalue weighted by Crippen LogP contribution is -2.19. The van der Waals surface area contributed by atoms with Gasteiger partial charge in [-0.3, -0.25) is 0 Å². The van der Waals surface area contributed by atoms with Crippen molar-refractivity contribution in [1.82, 2.24) is 15.0 Å². The maximum Gasteiger partial charge on any atom is 0.322 e. The Labute approximate surface area is 118 Å². The van der Waals surface area contributed by atoms with Gasteiger partial charge in [-0.1, -0.05) is 0 Å². The molecule has 0 spiro atoms. The van der Waals surface area contributed by atoms with Gasteiger partial charge in [0.05, 0.1) is 6.61 Å². The highest BCUT2D eigenvalue weighted by atomic mass is 35.5. The highest BCUT2D eigenvalue weighted by Gasteiger charge is 2.41. The zero-order valence-corrected chi connectivity index (χ0v) is 11.9. The van der Waals surface area contributed by atoms with Gasteiger partial charge < -0.3 is 10.1 Å². The molecule has 0 bridgehead atoms. The summed E-state index contributed by atoms with van der Waals surface area (Å²) in [4.78, 5) is 12.2. The summed E-state index contributed by atoms with van der Waals surface area (Å²) in [6.45, 7) is 3.34. The minimum atomic E-state index is 0.176. The molecule has 2 saturated carbocycles. The topological polar surface area (TPSA) is 59.9 Å². The van der Waals surface area contributed by atoms with E-state index in [-0.39, 0.29) is 5.28 Å². The third-order valence-corrected chi connectivity index (χ3v) is 3.98. The summed E-state index contributed by atoms with van der Waals surface area (Å²) in [6, 6.07) is 0.291. The first-order valence-corrected chi connectivity index (χ1v) is 7.42. The van der Waals surface area contributed by atoms with E-state index in [2.05, 4.69) is 20.3 Å². The normalized spacial score (nSPS) is 18.7. The molecule has 104 valence electrons. The lowest BCUT2D eigenvalue weighted by molar-refractivity contribution is 0.311. The fourth-order valence-electron chi connectivity index (χ4n) is 2.58. The van der Waals surface area contributed by atoms with Gasteiger partial charge in [-0.15, -0.1) is 0 Å². The molecule has 0 radical (unpaired) electrons. The molecule has 1 N–H and O–H groups in total. The van der Waals surface area contributed by atoms with E-state index in [4.69, 9.17) is 16.3 Å². The fourth-order valence-corrected chi connectivity index (χ4v) is 2.73. The number of nitrogens with one attached hydrogen (secondary N) is 1. The molecule has 0 unspecified atom stereocenters. The van der Waals surface area contributed by atoms with Crippen molar-refractivity contribution in [3.05, 3.63) is 5.28 Å². The molecule has 6 heteroatoms. The molecular formula is C13H19ClN4O. The number of nitrogens with zero attached hydrogens (tertiary/aromatic N) is 3. The third-order valence-electron chi connectivity index (χ3n) is 3.81. The molecule has 2 fully saturated rings. The lowest BCUT2D eigenvalue weighted by Gasteiger charge is -2.16. The second kappa shape index (κ2) is 5.49. The Morgan fingerprint density at radius 1 is 1.21 bits per heavy atom. The van der Waals surface area contributed by atoms with E-state index in [0.717, 1.165) is 24.3 Å². The van der Waals surface area contributed by atoms with Crippen molar-refractivity contribution in [2.24, 2.45) is 17.8 Å². The molecule has 5 nitrogen and oxygen atoms in total. The molecule has 0 atom stereocenters. The summed E-state index contributed by atoms with van der Waals surface area (Å²) >= 11 is 5.87. The smallest absolute Gasteiger partial charge is 0.322 e. The zero-order chi connectivity index (χ0) is 13.2. The molecule has 19 heavy (non-hydrogen) atoms. The lowest BCUT2D eigenvalue weighted by atomic mass is 9.98. The first-order chi connectivity index (χ1) is 9.26. The van der Waals surface area contributed by atoms with Crippen molar-refractivity contribution in [2.45, 2.75) is 32.6 Å². The van der Waals surface area contributed by atoms with Gasteiger partial charge in [-0.2, -0.15) is 15.0 Å². The number of aromatic nitrogens is 3. The van der Waals surface area contributed by atoms with Crippen LogP contribution in [0.5, 0.6) is 6.01 Å². The van der Waals surface area contributed by atoms with Gasteiger partial charge >= 0.3 is 6.01 Å². The van der Waals surface area contributed by atoms with Crippen molar-refractivity contribution in [3.8, 4) is 6.01 Å². The van der Waals surface area contributed by atoms with Crippen LogP contribution >= 0.6 is 11.6 Å². The van der Waals surface area contributed by atoms with E-state index in [0.29, 0.717) is 18.6 Å². The van der Waals surface area contributed by atoms with Crippen molar-refractivity contribution < 1.29 is 4.74 Å². The van der Waals surface area contributed by atoms with E-state index in [1.165, 1.54) is 25.7 Å². The van der Waals surface area contributed by atoms with Gasteiger partial charge in [0.1, 0.15) is 0 Å². The van der Waals surface area contributed by atoms with Crippen LogP contribution in [0.3, 0.4) is 0 Å². The molecular weight excluding hydrogens is 264 g/mol. The minimum Gasteiger partial charge on any atom is -0.464 e. The molecule has 1 aromatic rings. The van der Waals surface area contributed by atoms with Crippen LogP contribution in [0, 0.1) is 17.8 Å². The van der Waals surface area contributed by atoms with E-state index in [1.807, 2.05) is 6.92 Å². The van der Waals surface area contributed by atoms with E-state index in [9.17, 15) is 0 Å². The van der Waals surface area contributed by atoms with Crippen molar-refractivity contribution in [3.63, 3.8) is 0 Å². The predicted molar refractivity (Wildman–Crippen MR) is 73.4 cm³/mol. The summed E-state index contributed by atoms with van der Waals surface area (Å²) in [5, 5.41) is 3.48. The van der Waals surface area contributed by atoms with Crippen molar-refractivity contribution in [2.75, 3.05) is 18.5 Å². The van der Waals surface area contributed by atoms with Gasteiger partial charge in [-0.05, 0) is 62.0 Å². The SMILES string of the molecule is CCOc1nc(Cl)nc(NCC(C2CC2)C2CC2)n1. The minimum absolute atomic E-state index is 0.176. The molecule has 2 aliphatic rings. The Morgan fingerprint density at radius 2 is 1.89 bits per heavy atom. The third kappa shape index (κ3) is 3.47. The maximum atomic E-state index is 5.87. The van der Waals surface area contributed by atoms with Crippen LogP contribution in [0.15, 0.2) is 0 Å². The van der Waals surface area contributed by atoms with Gasteiger partial charge in [0.2, 0.25) is 11.2 Å². The molecule has 2 aliphatic carbocycles. The summed E-state index contributed by atoms with van der Waals surface area (Å²) in [6.07, 6.45) is 5.52. The highest BCUT2D eigenvalue weighted by molar-refractivity contribution is 6.28. The van der Waals surface area contributed by atoms with Crippen LogP contribution in [0.1, 0.15) is 32.6 Å². The van der Waals surface area contributed by atoms with Crippen LogP contribution in [-0.4, -0.2) is 28.1 Å². The molecule has 0 aromatic carbocycles. The Bertz CT molecular complexity index is 436. The van der Waals surface area contributed by atoms with Crippen LogP contribution in [0.4, 0.5) is 5.95 Å². The molecule has 0 amide bonds.